The Morgan fingerprint density at radius 3 is 2.35 bits per heavy atom. The van der Waals surface area contributed by atoms with Crippen LogP contribution in [0.1, 0.15) is 44.6 Å². The lowest BCUT2D eigenvalue weighted by Crippen LogP contribution is -2.49. The van der Waals surface area contributed by atoms with Crippen molar-refractivity contribution in [1.29, 1.82) is 0 Å². The molecule has 140 valence electrons. The largest absolute Gasteiger partial charge is 0.327 e. The Balaban J connectivity index is 1.31. The van der Waals surface area contributed by atoms with Gasteiger partial charge in [-0.2, -0.15) is 0 Å². The lowest BCUT2D eigenvalue weighted by atomic mass is 9.91. The van der Waals surface area contributed by atoms with E-state index in [2.05, 4.69) is 22.0 Å². The standard InChI is InChI=1S/C20H28N4O2/c1-15-19(25)24(20(26)23(15)17-3-2-4-17)18-8-13-22(14-9-18)12-7-16-5-10-21-11-6-16/h5-6,10-11,15,17-18H,2-4,7-9,12-14H2,1H3. The molecule has 2 saturated heterocycles. The number of nitrogens with zero attached hydrogens (tertiary/aromatic N) is 4. The molecular weight excluding hydrogens is 328 g/mol. The molecule has 1 atom stereocenters. The molecule has 1 aliphatic carbocycles. The molecule has 0 N–H and O–H groups in total. The van der Waals surface area contributed by atoms with Crippen molar-refractivity contribution in [2.45, 2.75) is 63.6 Å². The fourth-order valence-electron chi connectivity index (χ4n) is 4.42. The van der Waals surface area contributed by atoms with Gasteiger partial charge < -0.3 is 9.80 Å². The van der Waals surface area contributed by atoms with E-state index in [-0.39, 0.29) is 30.1 Å². The monoisotopic (exact) mass is 356 g/mol. The normalized spacial score (nSPS) is 25.8. The highest BCUT2D eigenvalue weighted by molar-refractivity contribution is 6.04. The fraction of sp³-hybridized carbons (Fsp3) is 0.650. The van der Waals surface area contributed by atoms with E-state index in [4.69, 9.17) is 0 Å². The summed E-state index contributed by atoms with van der Waals surface area (Å²) in [7, 11) is 0. The molecule has 3 aliphatic rings. The number of urea groups is 1. The van der Waals surface area contributed by atoms with Crippen LogP contribution in [-0.2, 0) is 11.2 Å². The molecule has 1 unspecified atom stereocenters. The van der Waals surface area contributed by atoms with Gasteiger partial charge in [0.25, 0.3) is 5.91 Å². The summed E-state index contributed by atoms with van der Waals surface area (Å²) in [5, 5.41) is 0. The van der Waals surface area contributed by atoms with Crippen molar-refractivity contribution in [2.24, 2.45) is 0 Å². The van der Waals surface area contributed by atoms with Crippen LogP contribution in [0.15, 0.2) is 24.5 Å². The molecule has 2 aliphatic heterocycles. The van der Waals surface area contributed by atoms with Crippen LogP contribution in [0.5, 0.6) is 0 Å². The first-order chi connectivity index (χ1) is 12.6. The average molecular weight is 356 g/mol. The van der Waals surface area contributed by atoms with Gasteiger partial charge in [-0.1, -0.05) is 0 Å². The number of carbonyl (C=O) groups excluding carboxylic acids is 2. The minimum Gasteiger partial charge on any atom is -0.310 e. The minimum absolute atomic E-state index is 0.0112. The van der Waals surface area contributed by atoms with Crippen molar-refractivity contribution in [3.05, 3.63) is 30.1 Å². The highest BCUT2D eigenvalue weighted by atomic mass is 16.2. The van der Waals surface area contributed by atoms with Crippen molar-refractivity contribution in [3.63, 3.8) is 0 Å². The Hall–Kier alpha value is -1.95. The maximum Gasteiger partial charge on any atom is 0.327 e. The lowest BCUT2D eigenvalue weighted by molar-refractivity contribution is -0.130. The number of aromatic nitrogens is 1. The summed E-state index contributed by atoms with van der Waals surface area (Å²) in [6.07, 6.45) is 9.72. The predicted molar refractivity (Wildman–Crippen MR) is 98.6 cm³/mol. The van der Waals surface area contributed by atoms with Gasteiger partial charge in [0.15, 0.2) is 0 Å². The molecule has 3 amide bonds. The second-order valence-electron chi connectivity index (χ2n) is 7.84. The maximum absolute atomic E-state index is 12.9. The molecule has 0 spiro atoms. The second-order valence-corrected chi connectivity index (χ2v) is 7.84. The van der Waals surface area contributed by atoms with E-state index >= 15 is 0 Å². The summed E-state index contributed by atoms with van der Waals surface area (Å²) < 4.78 is 0. The summed E-state index contributed by atoms with van der Waals surface area (Å²) in [6.45, 7) is 4.81. The number of rotatable bonds is 5. The zero-order valence-corrected chi connectivity index (χ0v) is 15.5. The Kier molecular flexibility index (Phi) is 4.94. The van der Waals surface area contributed by atoms with Gasteiger partial charge >= 0.3 is 6.03 Å². The third-order valence-corrected chi connectivity index (χ3v) is 6.30. The van der Waals surface area contributed by atoms with E-state index < -0.39 is 0 Å². The molecule has 0 aromatic carbocycles. The van der Waals surface area contributed by atoms with Crippen molar-refractivity contribution in [3.8, 4) is 0 Å². The molecule has 6 nitrogen and oxygen atoms in total. The molecule has 0 radical (unpaired) electrons. The fourth-order valence-corrected chi connectivity index (χ4v) is 4.42. The summed E-state index contributed by atoms with van der Waals surface area (Å²) in [5.41, 5.74) is 1.30. The molecule has 1 saturated carbocycles. The van der Waals surface area contributed by atoms with E-state index in [0.717, 1.165) is 51.7 Å². The van der Waals surface area contributed by atoms with E-state index in [9.17, 15) is 9.59 Å². The number of amides is 3. The first-order valence-corrected chi connectivity index (χ1v) is 9.92. The van der Waals surface area contributed by atoms with Gasteiger partial charge in [-0.05, 0) is 63.1 Å². The van der Waals surface area contributed by atoms with Gasteiger partial charge in [0.1, 0.15) is 6.04 Å². The Bertz CT molecular complexity index is 653. The number of hydrogen-bond donors (Lipinski definition) is 0. The Morgan fingerprint density at radius 2 is 1.73 bits per heavy atom. The minimum atomic E-state index is -0.280. The van der Waals surface area contributed by atoms with Crippen LogP contribution >= 0.6 is 0 Å². The third kappa shape index (κ3) is 3.22. The zero-order chi connectivity index (χ0) is 18.1. The number of carbonyl (C=O) groups is 2. The van der Waals surface area contributed by atoms with Gasteiger partial charge in [0, 0.05) is 44.1 Å². The number of pyridine rings is 1. The summed E-state index contributed by atoms with van der Waals surface area (Å²) in [4.78, 5) is 35.5. The molecule has 1 aromatic rings. The maximum atomic E-state index is 12.9. The molecular formula is C20H28N4O2. The van der Waals surface area contributed by atoms with E-state index in [1.807, 2.05) is 24.2 Å². The molecule has 6 heteroatoms. The molecule has 4 rings (SSSR count). The predicted octanol–water partition coefficient (Wildman–Crippen LogP) is 2.29. The van der Waals surface area contributed by atoms with E-state index in [1.54, 1.807) is 4.90 Å². The van der Waals surface area contributed by atoms with Crippen LogP contribution in [0.4, 0.5) is 4.79 Å². The number of piperidine rings is 1. The van der Waals surface area contributed by atoms with Crippen molar-refractivity contribution < 1.29 is 9.59 Å². The molecule has 26 heavy (non-hydrogen) atoms. The van der Waals surface area contributed by atoms with Crippen LogP contribution in [-0.4, -0.2) is 69.4 Å². The molecule has 0 bridgehead atoms. The van der Waals surface area contributed by atoms with Crippen molar-refractivity contribution in [1.82, 2.24) is 19.7 Å². The summed E-state index contributed by atoms with van der Waals surface area (Å²) >= 11 is 0. The van der Waals surface area contributed by atoms with Crippen LogP contribution < -0.4 is 0 Å². The van der Waals surface area contributed by atoms with Crippen LogP contribution in [0, 0.1) is 0 Å². The topological polar surface area (TPSA) is 56.8 Å². The quantitative estimate of drug-likeness (QED) is 0.760. The Morgan fingerprint density at radius 1 is 1.04 bits per heavy atom. The van der Waals surface area contributed by atoms with Gasteiger partial charge in [0.2, 0.25) is 0 Å². The number of likely N-dealkylation sites (tertiary alicyclic amines) is 1. The number of hydrogen-bond acceptors (Lipinski definition) is 4. The first-order valence-electron chi connectivity index (χ1n) is 9.92. The lowest BCUT2D eigenvalue weighted by Gasteiger charge is -2.38. The van der Waals surface area contributed by atoms with Crippen LogP contribution in [0.3, 0.4) is 0 Å². The smallest absolute Gasteiger partial charge is 0.310 e. The van der Waals surface area contributed by atoms with Crippen molar-refractivity contribution in [2.75, 3.05) is 19.6 Å². The van der Waals surface area contributed by atoms with E-state index in [1.165, 1.54) is 12.0 Å². The second kappa shape index (κ2) is 7.35. The number of imide groups is 1. The zero-order valence-electron chi connectivity index (χ0n) is 15.5. The van der Waals surface area contributed by atoms with Gasteiger partial charge in [-0.3, -0.25) is 14.7 Å². The highest BCUT2D eigenvalue weighted by Gasteiger charge is 2.49. The average Bonchev–Trinajstić information content (AvgIpc) is 2.84. The van der Waals surface area contributed by atoms with Gasteiger partial charge in [-0.15, -0.1) is 0 Å². The summed E-state index contributed by atoms with van der Waals surface area (Å²) in [5.74, 6) is 0.0112. The molecule has 3 heterocycles. The van der Waals surface area contributed by atoms with E-state index in [0.29, 0.717) is 0 Å². The van der Waals surface area contributed by atoms with Gasteiger partial charge in [0.05, 0.1) is 0 Å². The van der Waals surface area contributed by atoms with Crippen LogP contribution in [0.2, 0.25) is 0 Å². The highest BCUT2D eigenvalue weighted by Crippen LogP contribution is 2.33. The van der Waals surface area contributed by atoms with Crippen LogP contribution in [0.25, 0.3) is 0 Å². The third-order valence-electron chi connectivity index (χ3n) is 6.30. The molecule has 1 aromatic heterocycles. The molecule has 3 fully saturated rings. The Labute approximate surface area is 155 Å². The first kappa shape index (κ1) is 17.5. The SMILES string of the molecule is CC1C(=O)N(C2CCN(CCc3ccncc3)CC2)C(=O)N1C1CCC1. The van der Waals surface area contributed by atoms with Crippen molar-refractivity contribution >= 4 is 11.9 Å². The van der Waals surface area contributed by atoms with Gasteiger partial charge in [-0.25, -0.2) is 4.79 Å². The summed E-state index contributed by atoms with van der Waals surface area (Å²) in [6, 6.07) is 4.15.